The van der Waals surface area contributed by atoms with E-state index in [0.717, 1.165) is 33.3 Å². The highest BCUT2D eigenvalue weighted by Crippen LogP contribution is 2.26. The van der Waals surface area contributed by atoms with E-state index < -0.39 is 34.3 Å². The second-order valence-corrected chi connectivity index (χ2v) is 9.45. The van der Waals surface area contributed by atoms with Crippen molar-refractivity contribution in [2.75, 3.05) is 17.1 Å². The Labute approximate surface area is 186 Å². The molecule has 1 N–H and O–H groups in total. The number of anilines is 1. The van der Waals surface area contributed by atoms with Gasteiger partial charge in [0.15, 0.2) is 0 Å². The van der Waals surface area contributed by atoms with E-state index in [0.29, 0.717) is 0 Å². The first-order chi connectivity index (χ1) is 14.7. The van der Waals surface area contributed by atoms with Gasteiger partial charge >= 0.3 is 0 Å². The van der Waals surface area contributed by atoms with E-state index >= 15 is 0 Å². The second-order valence-electron chi connectivity index (χ2n) is 7.14. The van der Waals surface area contributed by atoms with Crippen molar-refractivity contribution in [3.05, 3.63) is 100 Å². The molecule has 0 heterocycles. The Bertz CT molecular complexity index is 1190. The van der Waals surface area contributed by atoms with Crippen molar-refractivity contribution in [1.82, 2.24) is 5.32 Å². The predicted octanol–water partition coefficient (Wildman–Crippen LogP) is 4.46. The summed E-state index contributed by atoms with van der Waals surface area (Å²) >= 11 is 5.81. The van der Waals surface area contributed by atoms with E-state index in [1.54, 1.807) is 0 Å². The molecule has 162 valence electrons. The van der Waals surface area contributed by atoms with Gasteiger partial charge in [0, 0.05) is 0 Å². The highest BCUT2D eigenvalue weighted by molar-refractivity contribution is 7.92. The molecular formula is C23H22ClFN2O3S. The topological polar surface area (TPSA) is 66.5 Å². The number of amides is 1. The van der Waals surface area contributed by atoms with Crippen LogP contribution in [0.5, 0.6) is 0 Å². The number of carbonyl (C=O) groups excluding carboxylic acids is 1. The molecule has 0 unspecified atom stereocenters. The number of sulfonamides is 1. The first kappa shape index (κ1) is 22.8. The Balaban J connectivity index is 1.92. The van der Waals surface area contributed by atoms with Gasteiger partial charge in [-0.15, -0.1) is 0 Å². The van der Waals surface area contributed by atoms with Gasteiger partial charge in [-0.05, 0) is 41.8 Å². The number of halogens is 2. The molecule has 1 amide bonds. The highest BCUT2D eigenvalue weighted by atomic mass is 35.5. The van der Waals surface area contributed by atoms with Crippen molar-refractivity contribution < 1.29 is 17.6 Å². The van der Waals surface area contributed by atoms with Crippen molar-refractivity contribution in [2.45, 2.75) is 13.0 Å². The molecule has 0 aromatic heterocycles. The molecule has 3 aromatic carbocycles. The SMILES string of the molecule is Cc1ccccc1[C@@H](NC(=O)CN(c1ccc(F)c(Cl)c1)S(C)(=O)=O)c1ccccc1. The van der Waals surface area contributed by atoms with Gasteiger partial charge in [-0.1, -0.05) is 66.2 Å². The first-order valence-electron chi connectivity index (χ1n) is 9.49. The average Bonchev–Trinajstić information content (AvgIpc) is 2.73. The lowest BCUT2D eigenvalue weighted by molar-refractivity contribution is -0.120. The van der Waals surface area contributed by atoms with Gasteiger partial charge in [0.05, 0.1) is 23.0 Å². The van der Waals surface area contributed by atoms with Crippen LogP contribution in [-0.2, 0) is 14.8 Å². The summed E-state index contributed by atoms with van der Waals surface area (Å²) in [5, 5.41) is 2.71. The summed E-state index contributed by atoms with van der Waals surface area (Å²) in [5.74, 6) is -1.19. The number of carbonyl (C=O) groups is 1. The molecule has 8 heteroatoms. The predicted molar refractivity (Wildman–Crippen MR) is 121 cm³/mol. The van der Waals surface area contributed by atoms with E-state index in [2.05, 4.69) is 5.32 Å². The smallest absolute Gasteiger partial charge is 0.241 e. The van der Waals surface area contributed by atoms with Crippen LogP contribution >= 0.6 is 11.6 Å². The van der Waals surface area contributed by atoms with E-state index in [1.165, 1.54) is 12.1 Å². The minimum Gasteiger partial charge on any atom is -0.344 e. The summed E-state index contributed by atoms with van der Waals surface area (Å²) in [7, 11) is -3.82. The molecule has 0 fully saturated rings. The van der Waals surface area contributed by atoms with Crippen LogP contribution in [0.2, 0.25) is 5.02 Å². The Morgan fingerprint density at radius 1 is 1.06 bits per heavy atom. The fourth-order valence-corrected chi connectivity index (χ4v) is 4.30. The van der Waals surface area contributed by atoms with Crippen LogP contribution in [0, 0.1) is 12.7 Å². The minimum absolute atomic E-state index is 0.108. The zero-order valence-electron chi connectivity index (χ0n) is 17.0. The zero-order valence-corrected chi connectivity index (χ0v) is 18.6. The van der Waals surface area contributed by atoms with Crippen LogP contribution in [0.25, 0.3) is 0 Å². The zero-order chi connectivity index (χ0) is 22.6. The fourth-order valence-electron chi connectivity index (χ4n) is 3.27. The maximum Gasteiger partial charge on any atom is 0.241 e. The van der Waals surface area contributed by atoms with Gasteiger partial charge in [0.25, 0.3) is 0 Å². The fraction of sp³-hybridized carbons (Fsp3) is 0.174. The van der Waals surface area contributed by atoms with Gasteiger partial charge in [-0.25, -0.2) is 12.8 Å². The molecule has 3 aromatic rings. The summed E-state index contributed by atoms with van der Waals surface area (Å²) in [4.78, 5) is 13.0. The molecule has 1 atom stereocenters. The Kier molecular flexibility index (Phi) is 6.97. The lowest BCUT2D eigenvalue weighted by Gasteiger charge is -2.25. The molecule has 31 heavy (non-hydrogen) atoms. The third-order valence-electron chi connectivity index (χ3n) is 4.82. The van der Waals surface area contributed by atoms with Crippen molar-refractivity contribution in [3.63, 3.8) is 0 Å². The van der Waals surface area contributed by atoms with Gasteiger partial charge in [0.1, 0.15) is 12.4 Å². The number of nitrogens with one attached hydrogen (secondary N) is 1. The maximum atomic E-state index is 13.5. The number of aryl methyl sites for hydroxylation is 1. The van der Waals surface area contributed by atoms with Crippen molar-refractivity contribution in [3.8, 4) is 0 Å². The molecule has 0 saturated heterocycles. The van der Waals surface area contributed by atoms with Crippen LogP contribution in [0.4, 0.5) is 10.1 Å². The quantitative estimate of drug-likeness (QED) is 0.566. The number of benzene rings is 3. The normalized spacial score (nSPS) is 12.3. The minimum atomic E-state index is -3.82. The number of hydrogen-bond donors (Lipinski definition) is 1. The van der Waals surface area contributed by atoms with Gasteiger partial charge in [0.2, 0.25) is 15.9 Å². The van der Waals surface area contributed by atoms with Crippen LogP contribution in [0.1, 0.15) is 22.7 Å². The summed E-state index contributed by atoms with van der Waals surface area (Å²) in [6.07, 6.45) is 0.980. The Hall–Kier alpha value is -2.90. The molecule has 0 spiro atoms. The van der Waals surface area contributed by atoms with E-state index in [1.807, 2.05) is 61.5 Å². The monoisotopic (exact) mass is 460 g/mol. The van der Waals surface area contributed by atoms with Gasteiger partial charge in [-0.3, -0.25) is 9.10 Å². The lowest BCUT2D eigenvalue weighted by Crippen LogP contribution is -2.42. The molecule has 0 aliphatic carbocycles. The van der Waals surface area contributed by atoms with Crippen molar-refractivity contribution in [1.29, 1.82) is 0 Å². The van der Waals surface area contributed by atoms with Gasteiger partial charge < -0.3 is 5.32 Å². The standard InChI is InChI=1S/C23H22ClFN2O3S/c1-16-8-6-7-11-19(16)23(17-9-4-3-5-10-17)26-22(28)15-27(31(2,29)30)18-12-13-21(25)20(24)14-18/h3-14,23H,15H2,1-2H3,(H,26,28)/t23-/m0/s1. The summed E-state index contributed by atoms with van der Waals surface area (Å²) < 4.78 is 39.1. The van der Waals surface area contributed by atoms with Gasteiger partial charge in [-0.2, -0.15) is 0 Å². The first-order valence-corrected chi connectivity index (χ1v) is 11.7. The Morgan fingerprint density at radius 3 is 2.32 bits per heavy atom. The van der Waals surface area contributed by atoms with Crippen molar-refractivity contribution >= 4 is 33.2 Å². The molecule has 0 aliphatic rings. The third-order valence-corrected chi connectivity index (χ3v) is 6.25. The summed E-state index contributed by atoms with van der Waals surface area (Å²) in [6, 6.07) is 20.1. The molecule has 0 bridgehead atoms. The van der Waals surface area contributed by atoms with Crippen molar-refractivity contribution in [2.24, 2.45) is 0 Å². The molecule has 5 nitrogen and oxygen atoms in total. The molecule has 0 saturated carbocycles. The Morgan fingerprint density at radius 2 is 1.71 bits per heavy atom. The summed E-state index contributed by atoms with van der Waals surface area (Å²) in [6.45, 7) is 1.47. The number of rotatable bonds is 7. The third kappa shape index (κ3) is 5.62. The largest absolute Gasteiger partial charge is 0.344 e. The van der Waals surface area contributed by atoms with Crippen LogP contribution in [0.3, 0.4) is 0 Å². The number of hydrogen-bond acceptors (Lipinski definition) is 3. The van der Waals surface area contributed by atoms with Crippen LogP contribution in [-0.4, -0.2) is 27.1 Å². The summed E-state index contributed by atoms with van der Waals surface area (Å²) in [5.41, 5.74) is 2.86. The second kappa shape index (κ2) is 9.49. The van der Waals surface area contributed by atoms with Crippen LogP contribution < -0.4 is 9.62 Å². The van der Waals surface area contributed by atoms with Crippen LogP contribution in [0.15, 0.2) is 72.8 Å². The molecule has 0 radical (unpaired) electrons. The van der Waals surface area contributed by atoms with E-state index in [9.17, 15) is 17.6 Å². The lowest BCUT2D eigenvalue weighted by atomic mass is 9.95. The van der Waals surface area contributed by atoms with E-state index in [-0.39, 0.29) is 10.7 Å². The molecular weight excluding hydrogens is 439 g/mol. The highest BCUT2D eigenvalue weighted by Gasteiger charge is 2.24. The average molecular weight is 461 g/mol. The van der Waals surface area contributed by atoms with E-state index in [4.69, 9.17) is 11.6 Å². The molecule has 0 aliphatic heterocycles. The maximum absolute atomic E-state index is 13.5. The molecule has 3 rings (SSSR count). The number of nitrogens with zero attached hydrogens (tertiary/aromatic N) is 1.